The summed E-state index contributed by atoms with van der Waals surface area (Å²) in [5, 5.41) is 0. The molecule has 14 heavy (non-hydrogen) atoms. The van der Waals surface area contributed by atoms with Gasteiger partial charge in [-0.25, -0.2) is 0 Å². The van der Waals surface area contributed by atoms with Crippen LogP contribution in [0.5, 0.6) is 0 Å². The molecule has 0 radical (unpaired) electrons. The second kappa shape index (κ2) is 6.17. The van der Waals surface area contributed by atoms with Crippen LogP contribution in [0.4, 0.5) is 0 Å². The van der Waals surface area contributed by atoms with Crippen molar-refractivity contribution >= 4 is 0 Å². The average molecular weight is 198 g/mol. The number of nitrogens with two attached hydrogens (primary N) is 1. The number of hydrazine groups is 1. The van der Waals surface area contributed by atoms with Gasteiger partial charge >= 0.3 is 0 Å². The highest BCUT2D eigenvalue weighted by atomic mass is 16.5. The standard InChI is InChI=1S/C11H22N2O/c1-3-14-9(2)11(13-12)10-7-5-4-6-8-10/h7,9,11,13H,3-6,8,12H2,1-2H3. The van der Waals surface area contributed by atoms with Gasteiger partial charge in [0.25, 0.3) is 0 Å². The minimum Gasteiger partial charge on any atom is -0.377 e. The molecule has 2 atom stereocenters. The molecule has 0 aromatic rings. The van der Waals surface area contributed by atoms with Gasteiger partial charge in [0.1, 0.15) is 0 Å². The van der Waals surface area contributed by atoms with Crippen molar-refractivity contribution in [3.8, 4) is 0 Å². The summed E-state index contributed by atoms with van der Waals surface area (Å²) in [6.45, 7) is 4.83. The molecule has 0 spiro atoms. The third-order valence-corrected chi connectivity index (χ3v) is 2.80. The first kappa shape index (κ1) is 11.7. The zero-order chi connectivity index (χ0) is 10.4. The second-order valence-electron chi connectivity index (χ2n) is 3.83. The van der Waals surface area contributed by atoms with Crippen molar-refractivity contribution in [3.63, 3.8) is 0 Å². The summed E-state index contributed by atoms with van der Waals surface area (Å²) in [6.07, 6.45) is 7.41. The van der Waals surface area contributed by atoms with E-state index in [2.05, 4.69) is 18.4 Å². The average Bonchev–Trinajstić information content (AvgIpc) is 2.21. The molecule has 0 saturated heterocycles. The molecule has 1 aliphatic carbocycles. The number of ether oxygens (including phenoxy) is 1. The van der Waals surface area contributed by atoms with Crippen LogP contribution in [-0.2, 0) is 4.74 Å². The van der Waals surface area contributed by atoms with E-state index in [-0.39, 0.29) is 12.1 Å². The Balaban J connectivity index is 2.55. The fraction of sp³-hybridized carbons (Fsp3) is 0.818. The van der Waals surface area contributed by atoms with Gasteiger partial charge in [0, 0.05) is 6.61 Å². The van der Waals surface area contributed by atoms with Crippen LogP contribution in [0.15, 0.2) is 11.6 Å². The Morgan fingerprint density at radius 2 is 2.36 bits per heavy atom. The molecular weight excluding hydrogens is 176 g/mol. The number of allylic oxidation sites excluding steroid dienone is 1. The van der Waals surface area contributed by atoms with Gasteiger partial charge in [-0.3, -0.25) is 11.3 Å². The van der Waals surface area contributed by atoms with E-state index in [0.29, 0.717) is 0 Å². The Kier molecular flexibility index (Phi) is 5.15. The molecular formula is C11H22N2O. The smallest absolute Gasteiger partial charge is 0.0751 e. The zero-order valence-electron chi connectivity index (χ0n) is 9.25. The lowest BCUT2D eigenvalue weighted by Crippen LogP contribution is -2.45. The van der Waals surface area contributed by atoms with Gasteiger partial charge in [0.15, 0.2) is 0 Å². The first-order valence-corrected chi connectivity index (χ1v) is 5.56. The van der Waals surface area contributed by atoms with Gasteiger partial charge < -0.3 is 4.74 Å². The van der Waals surface area contributed by atoms with Gasteiger partial charge in [-0.1, -0.05) is 11.6 Å². The minimum atomic E-state index is 0.161. The van der Waals surface area contributed by atoms with E-state index < -0.39 is 0 Å². The molecule has 1 rings (SSSR count). The Labute approximate surface area is 86.7 Å². The van der Waals surface area contributed by atoms with Crippen molar-refractivity contribution in [2.45, 2.75) is 51.7 Å². The molecule has 0 aromatic carbocycles. The topological polar surface area (TPSA) is 47.3 Å². The summed E-state index contributed by atoms with van der Waals surface area (Å²) in [6, 6.07) is 0.190. The highest BCUT2D eigenvalue weighted by molar-refractivity contribution is 5.14. The summed E-state index contributed by atoms with van der Waals surface area (Å²) in [4.78, 5) is 0. The van der Waals surface area contributed by atoms with Crippen molar-refractivity contribution in [1.29, 1.82) is 0 Å². The molecule has 3 N–H and O–H groups in total. The number of rotatable bonds is 5. The third-order valence-electron chi connectivity index (χ3n) is 2.80. The molecule has 0 bridgehead atoms. The third kappa shape index (κ3) is 3.08. The first-order valence-electron chi connectivity index (χ1n) is 5.56. The molecule has 0 heterocycles. The minimum absolute atomic E-state index is 0.161. The lowest BCUT2D eigenvalue weighted by molar-refractivity contribution is 0.0554. The molecule has 0 amide bonds. The van der Waals surface area contributed by atoms with Gasteiger partial charge in [0.2, 0.25) is 0 Å². The van der Waals surface area contributed by atoms with Gasteiger partial charge in [0.05, 0.1) is 12.1 Å². The van der Waals surface area contributed by atoms with E-state index in [1.165, 1.54) is 24.8 Å². The zero-order valence-corrected chi connectivity index (χ0v) is 9.25. The number of hydrogen-bond donors (Lipinski definition) is 2. The van der Waals surface area contributed by atoms with Crippen molar-refractivity contribution in [2.24, 2.45) is 5.84 Å². The maximum atomic E-state index is 5.56. The van der Waals surface area contributed by atoms with Crippen molar-refractivity contribution in [2.75, 3.05) is 6.61 Å². The van der Waals surface area contributed by atoms with Crippen LogP contribution in [0.2, 0.25) is 0 Å². The SMILES string of the molecule is CCOC(C)C(NN)C1=CCCCC1. The summed E-state index contributed by atoms with van der Waals surface area (Å²) in [5.74, 6) is 5.56. The first-order chi connectivity index (χ1) is 6.79. The van der Waals surface area contributed by atoms with Crippen molar-refractivity contribution in [3.05, 3.63) is 11.6 Å². The van der Waals surface area contributed by atoms with E-state index >= 15 is 0 Å². The van der Waals surface area contributed by atoms with Crippen LogP contribution in [-0.4, -0.2) is 18.8 Å². The van der Waals surface area contributed by atoms with E-state index in [1.807, 2.05) is 6.92 Å². The Morgan fingerprint density at radius 3 is 2.86 bits per heavy atom. The summed E-state index contributed by atoms with van der Waals surface area (Å²) >= 11 is 0. The number of nitrogens with one attached hydrogen (secondary N) is 1. The molecule has 0 aliphatic heterocycles. The Hall–Kier alpha value is -0.380. The molecule has 0 aromatic heterocycles. The maximum absolute atomic E-state index is 5.56. The van der Waals surface area contributed by atoms with E-state index in [1.54, 1.807) is 0 Å². The summed E-state index contributed by atoms with van der Waals surface area (Å²) in [5.41, 5.74) is 4.28. The fourth-order valence-corrected chi connectivity index (χ4v) is 2.05. The predicted octanol–water partition coefficient (Wildman–Crippen LogP) is 1.74. The van der Waals surface area contributed by atoms with Crippen molar-refractivity contribution < 1.29 is 4.74 Å². The molecule has 82 valence electrons. The van der Waals surface area contributed by atoms with E-state index in [9.17, 15) is 0 Å². The van der Waals surface area contributed by atoms with Gasteiger partial charge in [-0.15, -0.1) is 0 Å². The second-order valence-corrected chi connectivity index (χ2v) is 3.83. The lowest BCUT2D eigenvalue weighted by atomic mass is 9.92. The predicted molar refractivity (Wildman–Crippen MR) is 58.8 cm³/mol. The van der Waals surface area contributed by atoms with Gasteiger partial charge in [-0.2, -0.15) is 0 Å². The van der Waals surface area contributed by atoms with Crippen LogP contribution >= 0.6 is 0 Å². The summed E-state index contributed by atoms with van der Waals surface area (Å²) < 4.78 is 5.56. The Bertz CT molecular complexity index is 192. The molecule has 3 nitrogen and oxygen atoms in total. The molecule has 0 saturated carbocycles. The fourth-order valence-electron chi connectivity index (χ4n) is 2.05. The van der Waals surface area contributed by atoms with Crippen LogP contribution in [0, 0.1) is 0 Å². The van der Waals surface area contributed by atoms with Gasteiger partial charge in [-0.05, 0) is 39.5 Å². The molecule has 3 heteroatoms. The lowest BCUT2D eigenvalue weighted by Gasteiger charge is -2.27. The normalized spacial score (nSPS) is 21.5. The van der Waals surface area contributed by atoms with E-state index in [0.717, 1.165) is 13.0 Å². The Morgan fingerprint density at radius 1 is 1.57 bits per heavy atom. The monoisotopic (exact) mass is 198 g/mol. The largest absolute Gasteiger partial charge is 0.377 e. The molecule has 1 aliphatic rings. The van der Waals surface area contributed by atoms with Crippen LogP contribution < -0.4 is 11.3 Å². The highest BCUT2D eigenvalue weighted by Gasteiger charge is 2.21. The highest BCUT2D eigenvalue weighted by Crippen LogP contribution is 2.22. The summed E-state index contributed by atoms with van der Waals surface area (Å²) in [7, 11) is 0. The maximum Gasteiger partial charge on any atom is 0.0751 e. The van der Waals surface area contributed by atoms with Crippen LogP contribution in [0.3, 0.4) is 0 Å². The van der Waals surface area contributed by atoms with Crippen molar-refractivity contribution in [1.82, 2.24) is 5.43 Å². The van der Waals surface area contributed by atoms with Crippen LogP contribution in [0.1, 0.15) is 39.5 Å². The molecule has 0 fully saturated rings. The number of hydrogen-bond acceptors (Lipinski definition) is 3. The quantitative estimate of drug-likeness (QED) is 0.402. The molecule has 2 unspecified atom stereocenters. The van der Waals surface area contributed by atoms with Crippen LogP contribution in [0.25, 0.3) is 0 Å². The van der Waals surface area contributed by atoms with E-state index in [4.69, 9.17) is 10.6 Å².